The van der Waals surface area contributed by atoms with Crippen molar-refractivity contribution in [1.29, 1.82) is 0 Å². The van der Waals surface area contributed by atoms with Gasteiger partial charge in [-0.1, -0.05) is 6.07 Å². The molecule has 1 atom stereocenters. The lowest BCUT2D eigenvalue weighted by molar-refractivity contribution is 0.163. The highest BCUT2D eigenvalue weighted by atomic mass is 16.5. The molecule has 3 N–H and O–H groups in total. The van der Waals surface area contributed by atoms with Crippen LogP contribution in [-0.2, 0) is 11.2 Å². The number of aromatic nitrogens is 1. The molecule has 0 spiro atoms. The lowest BCUT2D eigenvalue weighted by Crippen LogP contribution is -2.38. The molecular formula is C10H17N3O. The van der Waals surface area contributed by atoms with Gasteiger partial charge in [0.25, 0.3) is 0 Å². The van der Waals surface area contributed by atoms with Crippen LogP contribution in [-0.4, -0.2) is 24.7 Å². The van der Waals surface area contributed by atoms with Crippen LogP contribution >= 0.6 is 0 Å². The van der Waals surface area contributed by atoms with Crippen molar-refractivity contribution >= 4 is 0 Å². The molecule has 1 rings (SSSR count). The summed E-state index contributed by atoms with van der Waals surface area (Å²) >= 11 is 0. The van der Waals surface area contributed by atoms with Crippen molar-refractivity contribution in [2.75, 3.05) is 13.7 Å². The van der Waals surface area contributed by atoms with E-state index in [0.29, 0.717) is 6.61 Å². The van der Waals surface area contributed by atoms with E-state index in [1.165, 1.54) is 0 Å². The van der Waals surface area contributed by atoms with Gasteiger partial charge in [0, 0.05) is 25.0 Å². The van der Waals surface area contributed by atoms with Gasteiger partial charge in [-0.25, -0.2) is 0 Å². The average molecular weight is 195 g/mol. The Hall–Kier alpha value is -0.970. The molecule has 4 nitrogen and oxygen atoms in total. The fourth-order valence-corrected chi connectivity index (χ4v) is 1.28. The smallest absolute Gasteiger partial charge is 0.0629 e. The molecule has 4 heteroatoms. The summed E-state index contributed by atoms with van der Waals surface area (Å²) in [5.41, 5.74) is 3.81. The molecular weight excluding hydrogens is 178 g/mol. The van der Waals surface area contributed by atoms with E-state index >= 15 is 0 Å². The third-order valence-electron chi connectivity index (χ3n) is 2.08. The summed E-state index contributed by atoms with van der Waals surface area (Å²) in [6.07, 6.45) is 3.65. The molecule has 0 saturated carbocycles. The minimum Gasteiger partial charge on any atom is -0.383 e. The van der Waals surface area contributed by atoms with E-state index in [1.54, 1.807) is 13.3 Å². The van der Waals surface area contributed by atoms with Gasteiger partial charge in [-0.3, -0.25) is 16.3 Å². The highest BCUT2D eigenvalue weighted by Gasteiger charge is 2.05. The Morgan fingerprint density at radius 2 is 2.43 bits per heavy atom. The Morgan fingerprint density at radius 1 is 1.57 bits per heavy atom. The van der Waals surface area contributed by atoms with Gasteiger partial charge in [0.15, 0.2) is 0 Å². The van der Waals surface area contributed by atoms with Crippen LogP contribution in [0.2, 0.25) is 0 Å². The summed E-state index contributed by atoms with van der Waals surface area (Å²) in [6, 6.07) is 6.11. The molecule has 0 saturated heterocycles. The molecule has 1 heterocycles. The Labute approximate surface area is 84.4 Å². The summed E-state index contributed by atoms with van der Waals surface area (Å²) in [6.45, 7) is 0.628. The van der Waals surface area contributed by atoms with Gasteiger partial charge in [0.2, 0.25) is 0 Å². The first-order valence-electron chi connectivity index (χ1n) is 4.71. The summed E-state index contributed by atoms with van der Waals surface area (Å²) in [5, 5.41) is 0. The van der Waals surface area contributed by atoms with E-state index in [9.17, 15) is 0 Å². The van der Waals surface area contributed by atoms with Crippen molar-refractivity contribution in [2.24, 2.45) is 5.84 Å². The van der Waals surface area contributed by atoms with E-state index in [4.69, 9.17) is 10.6 Å². The van der Waals surface area contributed by atoms with Crippen molar-refractivity contribution in [3.05, 3.63) is 30.1 Å². The van der Waals surface area contributed by atoms with Crippen molar-refractivity contribution < 1.29 is 4.74 Å². The topological polar surface area (TPSA) is 60.2 Å². The maximum absolute atomic E-state index is 5.37. The van der Waals surface area contributed by atoms with Gasteiger partial charge in [-0.05, 0) is 25.0 Å². The van der Waals surface area contributed by atoms with Crippen LogP contribution in [0.4, 0.5) is 0 Å². The van der Waals surface area contributed by atoms with Gasteiger partial charge in [-0.2, -0.15) is 0 Å². The maximum Gasteiger partial charge on any atom is 0.0629 e. The monoisotopic (exact) mass is 195 g/mol. The predicted octanol–water partition coefficient (Wildman–Crippen LogP) is 0.493. The molecule has 1 aromatic heterocycles. The van der Waals surface area contributed by atoms with Crippen molar-refractivity contribution in [1.82, 2.24) is 10.4 Å². The fourth-order valence-electron chi connectivity index (χ4n) is 1.28. The third kappa shape index (κ3) is 3.83. The Balaban J connectivity index is 2.32. The van der Waals surface area contributed by atoms with Gasteiger partial charge < -0.3 is 4.74 Å². The minimum absolute atomic E-state index is 0.196. The number of hydrogen-bond acceptors (Lipinski definition) is 4. The van der Waals surface area contributed by atoms with Crippen molar-refractivity contribution in [3.8, 4) is 0 Å². The van der Waals surface area contributed by atoms with Crippen molar-refractivity contribution in [3.63, 3.8) is 0 Å². The summed E-state index contributed by atoms with van der Waals surface area (Å²) in [4.78, 5) is 4.24. The van der Waals surface area contributed by atoms with Crippen LogP contribution in [0.1, 0.15) is 12.1 Å². The van der Waals surface area contributed by atoms with Gasteiger partial charge in [0.05, 0.1) is 6.61 Å². The summed E-state index contributed by atoms with van der Waals surface area (Å²) in [7, 11) is 1.67. The van der Waals surface area contributed by atoms with Crippen LogP contribution in [0.25, 0.3) is 0 Å². The molecule has 0 bridgehead atoms. The number of nitrogens with zero attached hydrogens (tertiary/aromatic N) is 1. The summed E-state index contributed by atoms with van der Waals surface area (Å²) < 4.78 is 5.02. The molecule has 0 aliphatic carbocycles. The van der Waals surface area contributed by atoms with Crippen LogP contribution in [0.15, 0.2) is 24.4 Å². The molecule has 78 valence electrons. The number of methoxy groups -OCH3 is 1. The fraction of sp³-hybridized carbons (Fsp3) is 0.500. The minimum atomic E-state index is 0.196. The predicted molar refractivity (Wildman–Crippen MR) is 55.5 cm³/mol. The zero-order valence-corrected chi connectivity index (χ0v) is 8.44. The molecule has 0 radical (unpaired) electrons. The molecule has 1 aromatic rings. The first-order valence-corrected chi connectivity index (χ1v) is 4.71. The molecule has 0 aliphatic rings. The maximum atomic E-state index is 5.37. The Morgan fingerprint density at radius 3 is 3.00 bits per heavy atom. The van der Waals surface area contributed by atoms with Gasteiger partial charge in [-0.15, -0.1) is 0 Å². The zero-order valence-electron chi connectivity index (χ0n) is 8.44. The normalized spacial score (nSPS) is 12.7. The van der Waals surface area contributed by atoms with Crippen LogP contribution in [0, 0.1) is 0 Å². The molecule has 1 unspecified atom stereocenters. The Bertz CT molecular complexity index is 240. The van der Waals surface area contributed by atoms with Gasteiger partial charge in [0.1, 0.15) is 0 Å². The number of rotatable bonds is 6. The first kappa shape index (κ1) is 11.1. The van der Waals surface area contributed by atoms with E-state index < -0.39 is 0 Å². The second-order valence-corrected chi connectivity index (χ2v) is 3.18. The standard InChI is InChI=1S/C10H17N3O/c1-14-8-10(13-11)6-5-9-4-2-3-7-12-9/h2-4,7,10,13H,5-6,8,11H2,1H3. The molecule has 0 aliphatic heterocycles. The highest BCUT2D eigenvalue weighted by Crippen LogP contribution is 2.01. The lowest BCUT2D eigenvalue weighted by atomic mass is 10.1. The van der Waals surface area contributed by atoms with Crippen LogP contribution in [0.5, 0.6) is 0 Å². The lowest BCUT2D eigenvalue weighted by Gasteiger charge is -2.13. The number of aryl methyl sites for hydroxylation is 1. The number of nitrogens with one attached hydrogen (secondary N) is 1. The van der Waals surface area contributed by atoms with E-state index in [0.717, 1.165) is 18.5 Å². The molecule has 0 amide bonds. The molecule has 0 fully saturated rings. The second kappa shape index (κ2) is 6.48. The molecule has 14 heavy (non-hydrogen) atoms. The summed E-state index contributed by atoms with van der Waals surface area (Å²) in [5.74, 6) is 5.37. The number of hydrogen-bond donors (Lipinski definition) is 2. The second-order valence-electron chi connectivity index (χ2n) is 3.18. The first-order chi connectivity index (χ1) is 6.86. The zero-order chi connectivity index (χ0) is 10.2. The SMILES string of the molecule is COCC(CCc1ccccn1)NN. The van der Waals surface area contributed by atoms with Crippen LogP contribution in [0.3, 0.4) is 0 Å². The number of pyridine rings is 1. The average Bonchev–Trinajstić information content (AvgIpc) is 2.25. The largest absolute Gasteiger partial charge is 0.383 e. The van der Waals surface area contributed by atoms with Crippen molar-refractivity contribution in [2.45, 2.75) is 18.9 Å². The number of ether oxygens (including phenoxy) is 1. The molecule has 0 aromatic carbocycles. The van der Waals surface area contributed by atoms with E-state index in [2.05, 4.69) is 10.4 Å². The van der Waals surface area contributed by atoms with E-state index in [-0.39, 0.29) is 6.04 Å². The number of hydrazine groups is 1. The highest BCUT2D eigenvalue weighted by molar-refractivity contribution is 5.03. The third-order valence-corrected chi connectivity index (χ3v) is 2.08. The number of nitrogens with two attached hydrogens (primary N) is 1. The van der Waals surface area contributed by atoms with Crippen LogP contribution < -0.4 is 11.3 Å². The Kier molecular flexibility index (Phi) is 5.14. The van der Waals surface area contributed by atoms with E-state index in [1.807, 2.05) is 18.2 Å². The van der Waals surface area contributed by atoms with Gasteiger partial charge >= 0.3 is 0 Å². The quantitative estimate of drug-likeness (QED) is 0.512.